The number of benzene rings is 3. The van der Waals surface area contributed by atoms with Crippen LogP contribution in [-0.2, 0) is 6.42 Å². The number of carbonyl (C=O) groups excluding carboxylic acids is 1. The lowest BCUT2D eigenvalue weighted by Gasteiger charge is -2.35. The maximum atomic E-state index is 13.8. The molecule has 1 aliphatic rings. The van der Waals surface area contributed by atoms with Gasteiger partial charge in [-0.15, -0.1) is 0 Å². The molecule has 4 aromatic rings. The van der Waals surface area contributed by atoms with Crippen molar-refractivity contribution in [2.45, 2.75) is 25.8 Å². The van der Waals surface area contributed by atoms with Gasteiger partial charge in [0.05, 0.1) is 11.1 Å². The van der Waals surface area contributed by atoms with Crippen LogP contribution in [-0.4, -0.2) is 21.7 Å². The first kappa shape index (κ1) is 18.3. The predicted molar refractivity (Wildman–Crippen MR) is 118 cm³/mol. The van der Waals surface area contributed by atoms with Gasteiger partial charge >= 0.3 is 0 Å². The Balaban J connectivity index is 1.74. The van der Waals surface area contributed by atoms with Gasteiger partial charge in [0, 0.05) is 17.1 Å². The summed E-state index contributed by atoms with van der Waals surface area (Å²) < 4.78 is 1.33. The molecular formula is C25H21N3O2. The van der Waals surface area contributed by atoms with Crippen LogP contribution in [0.2, 0.25) is 0 Å². The van der Waals surface area contributed by atoms with E-state index in [4.69, 9.17) is 0 Å². The molecule has 0 spiro atoms. The molecule has 0 N–H and O–H groups in total. The van der Waals surface area contributed by atoms with Gasteiger partial charge < -0.3 is 4.90 Å². The van der Waals surface area contributed by atoms with Crippen molar-refractivity contribution in [2.75, 3.05) is 4.90 Å². The first-order valence-corrected chi connectivity index (χ1v) is 10.1. The molecule has 5 heteroatoms. The third-order valence-electron chi connectivity index (χ3n) is 5.75. The second kappa shape index (κ2) is 7.26. The van der Waals surface area contributed by atoms with Crippen molar-refractivity contribution in [3.8, 4) is 5.69 Å². The van der Waals surface area contributed by atoms with Crippen molar-refractivity contribution in [2.24, 2.45) is 0 Å². The molecular weight excluding hydrogens is 374 g/mol. The van der Waals surface area contributed by atoms with Crippen LogP contribution in [0.3, 0.4) is 0 Å². The predicted octanol–water partition coefficient (Wildman–Crippen LogP) is 4.37. The second-order valence-electron chi connectivity index (χ2n) is 7.64. The van der Waals surface area contributed by atoms with E-state index >= 15 is 0 Å². The first-order chi connectivity index (χ1) is 14.6. The van der Waals surface area contributed by atoms with Gasteiger partial charge in [0.1, 0.15) is 0 Å². The second-order valence-corrected chi connectivity index (χ2v) is 7.64. The zero-order valence-corrected chi connectivity index (χ0v) is 16.7. The number of para-hydroxylation sites is 2. The molecule has 3 aromatic carbocycles. The third-order valence-corrected chi connectivity index (χ3v) is 5.75. The van der Waals surface area contributed by atoms with Crippen molar-refractivity contribution in [1.29, 1.82) is 0 Å². The van der Waals surface area contributed by atoms with E-state index in [1.54, 1.807) is 12.1 Å². The summed E-state index contributed by atoms with van der Waals surface area (Å²) in [6.07, 6.45) is 1.83. The average molecular weight is 395 g/mol. The van der Waals surface area contributed by atoms with Crippen LogP contribution in [0.1, 0.15) is 29.4 Å². The van der Waals surface area contributed by atoms with Crippen LogP contribution >= 0.6 is 0 Å². The Hall–Kier alpha value is -3.73. The van der Waals surface area contributed by atoms with Crippen LogP contribution in [0.15, 0.2) is 83.7 Å². The molecule has 0 aliphatic carbocycles. The molecule has 0 unspecified atom stereocenters. The number of carbonyl (C=O) groups is 1. The van der Waals surface area contributed by atoms with E-state index in [-0.39, 0.29) is 23.2 Å². The van der Waals surface area contributed by atoms with E-state index < -0.39 is 0 Å². The van der Waals surface area contributed by atoms with E-state index in [0.717, 1.165) is 24.1 Å². The van der Waals surface area contributed by atoms with Crippen molar-refractivity contribution in [3.63, 3.8) is 0 Å². The minimum Gasteiger partial charge on any atom is -0.304 e. The quantitative estimate of drug-likeness (QED) is 0.507. The topological polar surface area (TPSA) is 55.2 Å². The fourth-order valence-electron chi connectivity index (χ4n) is 4.20. The van der Waals surface area contributed by atoms with Crippen LogP contribution in [0.5, 0.6) is 0 Å². The maximum Gasteiger partial charge on any atom is 0.279 e. The number of fused-ring (bicyclic) bond motifs is 2. The minimum absolute atomic E-state index is 0.0464. The molecule has 1 aliphatic heterocycles. The number of aryl methyl sites for hydroxylation is 1. The van der Waals surface area contributed by atoms with Gasteiger partial charge in [0.25, 0.3) is 11.5 Å². The summed E-state index contributed by atoms with van der Waals surface area (Å²) in [7, 11) is 0. The SMILES string of the molecule is C[C@@H]1CCc2ccccc2N1C(=O)c1nn(-c2ccccc2)c(=O)c2ccccc12. The lowest BCUT2D eigenvalue weighted by Crippen LogP contribution is -2.43. The van der Waals surface area contributed by atoms with Crippen molar-refractivity contribution in [3.05, 3.63) is 100 Å². The molecule has 30 heavy (non-hydrogen) atoms. The fraction of sp³-hybridized carbons (Fsp3) is 0.160. The van der Waals surface area contributed by atoms with Gasteiger partial charge in [-0.2, -0.15) is 9.78 Å². The number of hydrogen-bond acceptors (Lipinski definition) is 3. The molecule has 0 saturated carbocycles. The fourth-order valence-corrected chi connectivity index (χ4v) is 4.20. The highest BCUT2D eigenvalue weighted by molar-refractivity contribution is 6.13. The van der Waals surface area contributed by atoms with Crippen molar-refractivity contribution < 1.29 is 4.79 Å². The van der Waals surface area contributed by atoms with Gasteiger partial charge in [-0.05, 0) is 49.6 Å². The molecule has 0 radical (unpaired) electrons. The molecule has 1 aromatic heterocycles. The largest absolute Gasteiger partial charge is 0.304 e. The summed E-state index contributed by atoms with van der Waals surface area (Å²) in [4.78, 5) is 28.8. The Labute approximate surface area is 174 Å². The highest BCUT2D eigenvalue weighted by atomic mass is 16.2. The maximum absolute atomic E-state index is 13.8. The summed E-state index contributed by atoms with van der Waals surface area (Å²) >= 11 is 0. The molecule has 0 bridgehead atoms. The van der Waals surface area contributed by atoms with Gasteiger partial charge in [-0.3, -0.25) is 9.59 Å². The standard InChI is InChI=1S/C25H21N3O2/c1-17-15-16-18-9-5-8-14-22(18)27(17)25(30)23-20-12-6-7-13-21(20)24(29)28(26-23)19-10-3-2-4-11-19/h2-14,17H,15-16H2,1H3/t17-/m1/s1. The Bertz CT molecular complexity index is 1310. The van der Waals surface area contributed by atoms with E-state index in [1.165, 1.54) is 4.68 Å². The molecule has 0 fully saturated rings. The van der Waals surface area contributed by atoms with E-state index in [9.17, 15) is 9.59 Å². The van der Waals surface area contributed by atoms with Crippen molar-refractivity contribution in [1.82, 2.24) is 9.78 Å². The smallest absolute Gasteiger partial charge is 0.279 e. The summed E-state index contributed by atoms with van der Waals surface area (Å²) in [6, 6.07) is 24.5. The van der Waals surface area contributed by atoms with E-state index in [2.05, 4.69) is 18.1 Å². The summed E-state index contributed by atoms with van der Waals surface area (Å²) in [6.45, 7) is 2.06. The Morgan fingerprint density at radius 2 is 1.57 bits per heavy atom. The molecule has 5 rings (SSSR count). The highest BCUT2D eigenvalue weighted by Gasteiger charge is 2.31. The molecule has 148 valence electrons. The van der Waals surface area contributed by atoms with E-state index in [1.807, 2.05) is 65.6 Å². The molecule has 0 saturated heterocycles. The van der Waals surface area contributed by atoms with Gasteiger partial charge in [-0.25, -0.2) is 0 Å². The number of hydrogen-bond donors (Lipinski definition) is 0. The van der Waals surface area contributed by atoms with Crippen LogP contribution in [0.4, 0.5) is 5.69 Å². The van der Waals surface area contributed by atoms with Gasteiger partial charge in [0.15, 0.2) is 5.69 Å². The van der Waals surface area contributed by atoms with Crippen LogP contribution in [0, 0.1) is 0 Å². The Morgan fingerprint density at radius 1 is 0.900 bits per heavy atom. The molecule has 1 atom stereocenters. The summed E-state index contributed by atoms with van der Waals surface area (Å²) in [5, 5.41) is 5.63. The third kappa shape index (κ3) is 2.90. The number of aromatic nitrogens is 2. The zero-order chi connectivity index (χ0) is 20.7. The summed E-state index contributed by atoms with van der Waals surface area (Å²) in [5.41, 5.74) is 2.77. The van der Waals surface area contributed by atoms with Crippen LogP contribution < -0.4 is 10.5 Å². The molecule has 1 amide bonds. The normalized spacial score (nSPS) is 15.8. The Kier molecular flexibility index (Phi) is 4.43. The van der Waals surface area contributed by atoms with Crippen LogP contribution in [0.25, 0.3) is 16.5 Å². The van der Waals surface area contributed by atoms with Crippen molar-refractivity contribution >= 4 is 22.4 Å². The molecule has 2 heterocycles. The minimum atomic E-state index is -0.236. The number of rotatable bonds is 2. The number of amides is 1. The van der Waals surface area contributed by atoms with E-state index in [0.29, 0.717) is 16.5 Å². The average Bonchev–Trinajstić information content (AvgIpc) is 2.79. The lowest BCUT2D eigenvalue weighted by atomic mass is 9.96. The highest BCUT2D eigenvalue weighted by Crippen LogP contribution is 2.32. The summed E-state index contributed by atoms with van der Waals surface area (Å²) in [5.74, 6) is -0.185. The number of nitrogens with zero attached hydrogens (tertiary/aromatic N) is 3. The van der Waals surface area contributed by atoms with Gasteiger partial charge in [0.2, 0.25) is 0 Å². The Morgan fingerprint density at radius 3 is 2.37 bits per heavy atom. The monoisotopic (exact) mass is 395 g/mol. The number of anilines is 1. The molecule has 5 nitrogen and oxygen atoms in total. The lowest BCUT2D eigenvalue weighted by molar-refractivity contribution is 0.0970. The zero-order valence-electron chi connectivity index (χ0n) is 16.7. The first-order valence-electron chi connectivity index (χ1n) is 10.1. The van der Waals surface area contributed by atoms with Gasteiger partial charge in [-0.1, -0.05) is 54.6 Å².